The van der Waals surface area contributed by atoms with E-state index in [4.69, 9.17) is 0 Å². The Labute approximate surface area is 258 Å². The first-order chi connectivity index (χ1) is 21.8. The minimum Gasteiger partial charge on any atom is -0.0836 e. The van der Waals surface area contributed by atoms with Gasteiger partial charge in [0.05, 0.1) is 0 Å². The van der Waals surface area contributed by atoms with Gasteiger partial charge in [0, 0.05) is 0 Å². The maximum atomic E-state index is 2.46. The molecule has 1 aliphatic carbocycles. The Kier molecular flexibility index (Phi) is 6.50. The highest BCUT2D eigenvalue weighted by molar-refractivity contribution is 6.26. The van der Waals surface area contributed by atoms with Gasteiger partial charge in [-0.2, -0.15) is 0 Å². The molecule has 0 nitrogen and oxygen atoms in total. The second kappa shape index (κ2) is 10.8. The number of allylic oxidation sites excluding steroid dienone is 1. The minimum absolute atomic E-state index is 1.04. The van der Waals surface area contributed by atoms with Crippen LogP contribution in [-0.4, -0.2) is 0 Å². The van der Waals surface area contributed by atoms with Crippen LogP contribution in [0.1, 0.15) is 31.4 Å². The normalized spacial score (nSPS) is 12.5. The van der Waals surface area contributed by atoms with E-state index in [1.165, 1.54) is 87.2 Å². The summed E-state index contributed by atoms with van der Waals surface area (Å²) in [6, 6.07) is 49.5. The quantitative estimate of drug-likeness (QED) is 0.184. The Hall–Kier alpha value is -5.20. The number of fused-ring (bicyclic) bond motifs is 9. The Morgan fingerprint density at radius 1 is 0.409 bits per heavy atom. The molecule has 0 heterocycles. The molecule has 8 aromatic carbocycles. The summed E-state index contributed by atoms with van der Waals surface area (Å²) >= 11 is 0. The largest absolute Gasteiger partial charge is 0.0836 e. The van der Waals surface area contributed by atoms with E-state index in [2.05, 4.69) is 146 Å². The van der Waals surface area contributed by atoms with Crippen molar-refractivity contribution >= 4 is 59.9 Å². The van der Waals surface area contributed by atoms with Crippen molar-refractivity contribution in [3.63, 3.8) is 0 Å². The van der Waals surface area contributed by atoms with Crippen molar-refractivity contribution in [2.75, 3.05) is 0 Å². The lowest BCUT2D eigenvalue weighted by Crippen LogP contribution is -2.02. The van der Waals surface area contributed by atoms with Crippen LogP contribution in [0.25, 0.3) is 82.2 Å². The molecule has 44 heavy (non-hydrogen) atoms. The standard InChI is InChI=1S/C42H28.C2H6/c1-2-12-28-25-29(22-21-27(28)11-1)41-36-17-7-9-19-38(36)42(39-20-10-8-18-37(39)41)30-23-24-35-33-15-4-3-13-31(33)32-14-5-6-16-34(32)40(35)26-30;1-2/h1-9,11-19,21-26H,10,20H2;1-2H3. The van der Waals surface area contributed by atoms with Crippen LogP contribution in [0.3, 0.4) is 0 Å². The van der Waals surface area contributed by atoms with Gasteiger partial charge in [-0.1, -0.05) is 147 Å². The molecular weight excluding hydrogens is 528 g/mol. The van der Waals surface area contributed by atoms with E-state index in [1.54, 1.807) is 0 Å². The third-order valence-electron chi connectivity index (χ3n) is 9.28. The van der Waals surface area contributed by atoms with Crippen LogP contribution in [0, 0.1) is 0 Å². The highest BCUT2D eigenvalue weighted by atomic mass is 14.3. The van der Waals surface area contributed by atoms with Crippen LogP contribution in [0.15, 0.2) is 140 Å². The van der Waals surface area contributed by atoms with Gasteiger partial charge < -0.3 is 0 Å². The average molecular weight is 563 g/mol. The molecule has 0 aromatic heterocycles. The van der Waals surface area contributed by atoms with Crippen LogP contribution < -0.4 is 0 Å². The minimum atomic E-state index is 1.04. The second-order valence-electron chi connectivity index (χ2n) is 11.5. The lowest BCUT2D eigenvalue weighted by atomic mass is 9.79. The maximum absolute atomic E-state index is 2.46. The van der Waals surface area contributed by atoms with Crippen LogP contribution in [0.4, 0.5) is 0 Å². The molecule has 9 rings (SSSR count). The summed E-state index contributed by atoms with van der Waals surface area (Å²) in [5.74, 6) is 0. The molecule has 0 N–H and O–H groups in total. The third kappa shape index (κ3) is 4.06. The predicted octanol–water partition coefficient (Wildman–Crippen LogP) is 12.8. The van der Waals surface area contributed by atoms with E-state index in [0.717, 1.165) is 12.8 Å². The fraction of sp³-hybridized carbons (Fsp3) is 0.0909. The van der Waals surface area contributed by atoms with Crippen LogP contribution in [0.5, 0.6) is 0 Å². The van der Waals surface area contributed by atoms with Crippen molar-refractivity contribution in [1.82, 2.24) is 0 Å². The fourth-order valence-electron chi connectivity index (χ4n) is 7.43. The molecule has 0 amide bonds. The molecule has 0 fully saturated rings. The summed E-state index contributed by atoms with van der Waals surface area (Å²) in [7, 11) is 0. The van der Waals surface area contributed by atoms with Gasteiger partial charge in [0.15, 0.2) is 0 Å². The highest BCUT2D eigenvalue weighted by Crippen LogP contribution is 2.46. The molecule has 0 saturated carbocycles. The monoisotopic (exact) mass is 562 g/mol. The zero-order chi connectivity index (χ0) is 29.6. The number of benzene rings is 8. The van der Waals surface area contributed by atoms with Crippen LogP contribution in [-0.2, 0) is 6.42 Å². The molecule has 0 heteroatoms. The van der Waals surface area contributed by atoms with Gasteiger partial charge >= 0.3 is 0 Å². The third-order valence-corrected chi connectivity index (χ3v) is 9.28. The molecule has 0 saturated heterocycles. The SMILES string of the molecule is C1=Cc2c(c(-c3ccc4c5ccccc5c5ccccc5c4c3)c3ccccc3c2-c2ccc3ccccc3c2)CC1.CC. The van der Waals surface area contributed by atoms with E-state index in [1.807, 2.05) is 13.8 Å². The summed E-state index contributed by atoms with van der Waals surface area (Å²) in [6.07, 6.45) is 6.84. The van der Waals surface area contributed by atoms with Gasteiger partial charge in [-0.3, -0.25) is 0 Å². The molecule has 8 aromatic rings. The number of hydrogen-bond donors (Lipinski definition) is 0. The van der Waals surface area contributed by atoms with Crippen molar-refractivity contribution in [2.45, 2.75) is 26.7 Å². The zero-order valence-corrected chi connectivity index (χ0v) is 25.3. The van der Waals surface area contributed by atoms with Crippen molar-refractivity contribution in [2.24, 2.45) is 0 Å². The number of hydrogen-bond acceptors (Lipinski definition) is 0. The first-order valence-corrected chi connectivity index (χ1v) is 15.9. The summed E-state index contributed by atoms with van der Waals surface area (Å²) in [5, 5.41) is 13.1. The summed E-state index contributed by atoms with van der Waals surface area (Å²) in [4.78, 5) is 0. The van der Waals surface area contributed by atoms with Crippen molar-refractivity contribution in [3.05, 3.63) is 151 Å². The summed E-state index contributed by atoms with van der Waals surface area (Å²) in [5.41, 5.74) is 8.15. The molecule has 0 atom stereocenters. The molecule has 0 aliphatic heterocycles. The first-order valence-electron chi connectivity index (χ1n) is 15.9. The van der Waals surface area contributed by atoms with Crippen molar-refractivity contribution < 1.29 is 0 Å². The van der Waals surface area contributed by atoms with E-state index < -0.39 is 0 Å². The molecule has 0 radical (unpaired) electrons. The second-order valence-corrected chi connectivity index (χ2v) is 11.5. The van der Waals surface area contributed by atoms with E-state index in [0.29, 0.717) is 0 Å². The zero-order valence-electron chi connectivity index (χ0n) is 25.3. The summed E-state index contributed by atoms with van der Waals surface area (Å²) in [6.45, 7) is 4.00. The average Bonchev–Trinajstić information content (AvgIpc) is 3.11. The first kappa shape index (κ1) is 26.4. The van der Waals surface area contributed by atoms with Crippen molar-refractivity contribution in [3.8, 4) is 22.3 Å². The molecular formula is C44H34. The van der Waals surface area contributed by atoms with Crippen molar-refractivity contribution in [1.29, 1.82) is 0 Å². The van der Waals surface area contributed by atoms with Gasteiger partial charge in [0.25, 0.3) is 0 Å². The van der Waals surface area contributed by atoms with E-state index >= 15 is 0 Å². The topological polar surface area (TPSA) is 0 Å². The fourth-order valence-corrected chi connectivity index (χ4v) is 7.43. The lowest BCUT2D eigenvalue weighted by molar-refractivity contribution is 0.991. The number of rotatable bonds is 2. The molecule has 0 unspecified atom stereocenters. The summed E-state index contributed by atoms with van der Waals surface area (Å²) < 4.78 is 0. The van der Waals surface area contributed by atoms with Crippen LogP contribution >= 0.6 is 0 Å². The highest BCUT2D eigenvalue weighted by Gasteiger charge is 2.22. The predicted molar refractivity (Wildman–Crippen MR) is 194 cm³/mol. The van der Waals surface area contributed by atoms with Gasteiger partial charge in [-0.15, -0.1) is 0 Å². The van der Waals surface area contributed by atoms with E-state index in [-0.39, 0.29) is 0 Å². The maximum Gasteiger partial charge on any atom is -0.00295 e. The Morgan fingerprint density at radius 3 is 1.59 bits per heavy atom. The van der Waals surface area contributed by atoms with Gasteiger partial charge in [0.2, 0.25) is 0 Å². The van der Waals surface area contributed by atoms with Gasteiger partial charge in [0.1, 0.15) is 0 Å². The molecule has 210 valence electrons. The Morgan fingerprint density at radius 2 is 0.909 bits per heavy atom. The van der Waals surface area contributed by atoms with Crippen LogP contribution in [0.2, 0.25) is 0 Å². The lowest BCUT2D eigenvalue weighted by Gasteiger charge is -2.24. The van der Waals surface area contributed by atoms with Gasteiger partial charge in [-0.05, 0) is 112 Å². The Balaban J connectivity index is 0.00000142. The van der Waals surface area contributed by atoms with Gasteiger partial charge in [-0.25, -0.2) is 0 Å². The van der Waals surface area contributed by atoms with E-state index in [9.17, 15) is 0 Å². The molecule has 1 aliphatic rings. The molecule has 0 spiro atoms. The smallest absolute Gasteiger partial charge is 0.00295 e. The Bertz CT molecular complexity index is 2370. The molecule has 0 bridgehead atoms.